The number of hydrogen-bond acceptors (Lipinski definition) is 5. The van der Waals surface area contributed by atoms with Crippen LogP contribution in [-0.4, -0.2) is 24.5 Å². The SMILES string of the molecule is CCN1CC=C2C(C#N)=C(N)C(C#N)(C#N)[C@H](c3ccc(F)cc3F)[C@H]2C1. The summed E-state index contributed by atoms with van der Waals surface area (Å²) in [5.74, 6) is -3.02. The fraction of sp³-hybridized carbons (Fsp3) is 0.350. The van der Waals surface area contributed by atoms with Gasteiger partial charge >= 0.3 is 0 Å². The van der Waals surface area contributed by atoms with Crippen LogP contribution < -0.4 is 5.73 Å². The van der Waals surface area contributed by atoms with Crippen LogP contribution in [0.25, 0.3) is 0 Å². The van der Waals surface area contributed by atoms with E-state index in [9.17, 15) is 24.6 Å². The number of allylic oxidation sites excluding steroid dienone is 2. The van der Waals surface area contributed by atoms with E-state index in [1.807, 2.05) is 31.2 Å². The van der Waals surface area contributed by atoms with Crippen LogP contribution >= 0.6 is 0 Å². The van der Waals surface area contributed by atoms with Gasteiger partial charge < -0.3 is 5.73 Å². The molecule has 0 aromatic heterocycles. The largest absolute Gasteiger partial charge is 0.399 e. The standard InChI is InChI=1S/C20H17F2N5/c1-2-27-6-5-13-15(8-23)19(26)20(10-24,11-25)18(16(13)9-27)14-4-3-12(21)7-17(14)22/h3-5,7,16,18H,2,6,9,26H2,1H3/t16-,18+/m0/s1. The van der Waals surface area contributed by atoms with Gasteiger partial charge in [0.25, 0.3) is 0 Å². The fourth-order valence-electron chi connectivity index (χ4n) is 4.10. The second-order valence-electron chi connectivity index (χ2n) is 6.69. The van der Waals surface area contributed by atoms with Gasteiger partial charge in [0, 0.05) is 31.0 Å². The molecule has 7 heteroatoms. The molecule has 0 spiro atoms. The van der Waals surface area contributed by atoms with Crippen molar-refractivity contribution < 1.29 is 8.78 Å². The maximum absolute atomic E-state index is 14.7. The van der Waals surface area contributed by atoms with Crippen molar-refractivity contribution in [2.75, 3.05) is 19.6 Å². The van der Waals surface area contributed by atoms with Crippen LogP contribution in [-0.2, 0) is 0 Å². The quantitative estimate of drug-likeness (QED) is 0.868. The van der Waals surface area contributed by atoms with Gasteiger partial charge in [0.05, 0.1) is 23.4 Å². The number of fused-ring (bicyclic) bond motifs is 1. The summed E-state index contributed by atoms with van der Waals surface area (Å²) < 4.78 is 28.1. The Morgan fingerprint density at radius 3 is 2.52 bits per heavy atom. The second kappa shape index (κ2) is 6.83. The van der Waals surface area contributed by atoms with E-state index in [-0.39, 0.29) is 16.8 Å². The molecule has 2 aliphatic rings. The van der Waals surface area contributed by atoms with Crippen molar-refractivity contribution in [2.45, 2.75) is 12.8 Å². The summed E-state index contributed by atoms with van der Waals surface area (Å²) in [7, 11) is 0. The lowest BCUT2D eigenvalue weighted by Gasteiger charge is -2.45. The van der Waals surface area contributed by atoms with Gasteiger partial charge in [-0.25, -0.2) is 8.78 Å². The Morgan fingerprint density at radius 2 is 1.96 bits per heavy atom. The lowest BCUT2D eigenvalue weighted by atomic mass is 9.58. The molecule has 0 unspecified atom stereocenters. The number of benzene rings is 1. The number of nitriles is 3. The molecule has 0 amide bonds. The molecule has 1 heterocycles. The number of rotatable bonds is 2. The van der Waals surface area contributed by atoms with E-state index >= 15 is 0 Å². The molecule has 0 radical (unpaired) electrons. The van der Waals surface area contributed by atoms with E-state index in [2.05, 4.69) is 4.90 Å². The molecule has 1 aliphatic heterocycles. The average molecular weight is 365 g/mol. The van der Waals surface area contributed by atoms with Crippen LogP contribution in [0, 0.1) is 57.0 Å². The Labute approximate surface area is 156 Å². The summed E-state index contributed by atoms with van der Waals surface area (Å²) in [6.45, 7) is 3.71. The minimum Gasteiger partial charge on any atom is -0.399 e. The van der Waals surface area contributed by atoms with Crippen molar-refractivity contribution >= 4 is 0 Å². The molecule has 27 heavy (non-hydrogen) atoms. The zero-order valence-corrected chi connectivity index (χ0v) is 14.7. The highest BCUT2D eigenvalue weighted by atomic mass is 19.1. The minimum atomic E-state index is -1.91. The Morgan fingerprint density at radius 1 is 1.26 bits per heavy atom. The van der Waals surface area contributed by atoms with Gasteiger partial charge in [0.15, 0.2) is 5.41 Å². The lowest BCUT2D eigenvalue weighted by molar-refractivity contribution is 0.212. The maximum atomic E-state index is 14.7. The van der Waals surface area contributed by atoms with Gasteiger partial charge in [-0.05, 0) is 23.7 Å². The van der Waals surface area contributed by atoms with Crippen LogP contribution in [0.15, 0.2) is 41.1 Å². The van der Waals surface area contributed by atoms with E-state index in [0.717, 1.165) is 12.1 Å². The van der Waals surface area contributed by atoms with E-state index in [0.29, 0.717) is 25.2 Å². The number of halogens is 2. The summed E-state index contributed by atoms with van der Waals surface area (Å²) in [4.78, 5) is 2.07. The van der Waals surface area contributed by atoms with Gasteiger partial charge in [-0.15, -0.1) is 0 Å². The molecule has 1 aromatic carbocycles. The zero-order chi connectivity index (χ0) is 19.8. The molecule has 0 saturated heterocycles. The predicted molar refractivity (Wildman–Crippen MR) is 93.3 cm³/mol. The van der Waals surface area contributed by atoms with E-state index in [4.69, 9.17) is 5.73 Å². The molecule has 0 bridgehead atoms. The van der Waals surface area contributed by atoms with Gasteiger partial charge in [0.1, 0.15) is 17.7 Å². The van der Waals surface area contributed by atoms with Crippen molar-refractivity contribution in [1.82, 2.24) is 4.90 Å². The van der Waals surface area contributed by atoms with Gasteiger partial charge in [0.2, 0.25) is 0 Å². The summed E-state index contributed by atoms with van der Waals surface area (Å²) >= 11 is 0. The third-order valence-corrected chi connectivity index (χ3v) is 5.48. The summed E-state index contributed by atoms with van der Waals surface area (Å²) in [6.07, 6.45) is 1.84. The maximum Gasteiger partial charge on any atom is 0.191 e. The van der Waals surface area contributed by atoms with Gasteiger partial charge in [-0.2, -0.15) is 15.8 Å². The molecule has 0 saturated carbocycles. The highest BCUT2D eigenvalue weighted by Gasteiger charge is 2.55. The molecular weight excluding hydrogens is 348 g/mol. The topological polar surface area (TPSA) is 101 Å². The average Bonchev–Trinajstić information content (AvgIpc) is 2.67. The first-order chi connectivity index (χ1) is 12.9. The first-order valence-corrected chi connectivity index (χ1v) is 8.54. The third-order valence-electron chi connectivity index (χ3n) is 5.48. The van der Waals surface area contributed by atoms with Crippen molar-refractivity contribution in [3.63, 3.8) is 0 Å². The first kappa shape index (κ1) is 18.6. The molecule has 1 aromatic rings. The number of nitrogens with zero attached hydrogens (tertiary/aromatic N) is 4. The molecule has 1 aliphatic carbocycles. The van der Waals surface area contributed by atoms with Crippen LogP contribution in [0.2, 0.25) is 0 Å². The lowest BCUT2D eigenvalue weighted by Crippen LogP contribution is -2.48. The van der Waals surface area contributed by atoms with Gasteiger partial charge in [-0.1, -0.05) is 19.1 Å². The highest BCUT2D eigenvalue weighted by Crippen LogP contribution is 2.54. The normalized spacial score (nSPS) is 24.2. The molecule has 3 rings (SSSR count). The Hall–Kier alpha value is -3.21. The number of hydrogen-bond donors (Lipinski definition) is 1. The molecule has 2 atom stereocenters. The van der Waals surface area contributed by atoms with Crippen molar-refractivity contribution in [3.05, 3.63) is 58.3 Å². The second-order valence-corrected chi connectivity index (χ2v) is 6.69. The Bertz CT molecular complexity index is 960. The minimum absolute atomic E-state index is 0.0493. The smallest absolute Gasteiger partial charge is 0.191 e. The number of nitrogens with two attached hydrogens (primary N) is 1. The molecule has 2 N–H and O–H groups in total. The molecule has 0 fully saturated rings. The monoisotopic (exact) mass is 365 g/mol. The van der Waals surface area contributed by atoms with E-state index < -0.39 is 28.9 Å². The van der Waals surface area contributed by atoms with Crippen LogP contribution in [0.3, 0.4) is 0 Å². The van der Waals surface area contributed by atoms with Crippen molar-refractivity contribution in [3.8, 4) is 18.2 Å². The molecule has 5 nitrogen and oxygen atoms in total. The Kier molecular flexibility index (Phi) is 4.70. The van der Waals surface area contributed by atoms with E-state index in [1.54, 1.807) is 0 Å². The van der Waals surface area contributed by atoms with Gasteiger partial charge in [-0.3, -0.25) is 4.90 Å². The summed E-state index contributed by atoms with van der Waals surface area (Å²) in [6, 6.07) is 8.98. The zero-order valence-electron chi connectivity index (χ0n) is 14.7. The van der Waals surface area contributed by atoms with Crippen molar-refractivity contribution in [1.29, 1.82) is 15.8 Å². The first-order valence-electron chi connectivity index (χ1n) is 8.54. The molecular formula is C20H17F2N5. The number of likely N-dealkylation sites (N-methyl/N-ethyl adjacent to an activating group) is 1. The summed E-state index contributed by atoms with van der Waals surface area (Å²) in [5.41, 5.74) is 4.83. The fourth-order valence-corrected chi connectivity index (χ4v) is 4.10. The highest BCUT2D eigenvalue weighted by molar-refractivity contribution is 5.59. The van der Waals surface area contributed by atoms with E-state index in [1.165, 1.54) is 6.07 Å². The third kappa shape index (κ3) is 2.67. The van der Waals surface area contributed by atoms with Crippen LogP contribution in [0.5, 0.6) is 0 Å². The van der Waals surface area contributed by atoms with Crippen LogP contribution in [0.4, 0.5) is 8.78 Å². The molecule has 136 valence electrons. The Balaban J connectivity index is 2.34. The van der Waals surface area contributed by atoms with Crippen LogP contribution in [0.1, 0.15) is 18.4 Å². The van der Waals surface area contributed by atoms with Crippen molar-refractivity contribution in [2.24, 2.45) is 17.1 Å². The summed E-state index contributed by atoms with van der Waals surface area (Å²) in [5, 5.41) is 29.4. The predicted octanol–water partition coefficient (Wildman–Crippen LogP) is 2.71.